The molecule has 1 saturated heterocycles. The third kappa shape index (κ3) is 3.38. The Morgan fingerprint density at radius 1 is 1.26 bits per heavy atom. The molecule has 0 bridgehead atoms. The first-order chi connectivity index (χ1) is 9.04. The minimum absolute atomic E-state index is 0.189. The lowest BCUT2D eigenvalue weighted by atomic mass is 9.73. The molecule has 1 atom stereocenters. The monoisotopic (exact) mass is 267 g/mol. The highest BCUT2D eigenvalue weighted by Gasteiger charge is 2.42. The number of likely N-dealkylation sites (N-methyl/N-ethyl adjacent to an activating group) is 1. The number of Topliss-reactive ketones (excluding diaryl/α,β-unsaturated/α-hetero) is 1. The van der Waals surface area contributed by atoms with Crippen LogP contribution in [-0.2, 0) is 9.53 Å². The van der Waals surface area contributed by atoms with Crippen molar-refractivity contribution in [3.8, 4) is 0 Å². The number of nitrogens with zero attached hydrogens (tertiary/aromatic N) is 1. The first kappa shape index (κ1) is 15.0. The topological polar surface area (TPSA) is 29.5 Å². The molecule has 1 heterocycles. The van der Waals surface area contributed by atoms with Gasteiger partial charge in [0.05, 0.1) is 11.6 Å². The van der Waals surface area contributed by atoms with Gasteiger partial charge in [-0.1, -0.05) is 6.92 Å². The molecular weight excluding hydrogens is 238 g/mol. The maximum atomic E-state index is 12.7. The van der Waals surface area contributed by atoms with E-state index in [0.717, 1.165) is 44.6 Å². The Kier molecular flexibility index (Phi) is 5.02. The predicted molar refractivity (Wildman–Crippen MR) is 77.3 cm³/mol. The normalized spacial score (nSPS) is 35.8. The van der Waals surface area contributed by atoms with Crippen molar-refractivity contribution in [3.05, 3.63) is 0 Å². The van der Waals surface area contributed by atoms with E-state index in [4.69, 9.17) is 4.74 Å². The Labute approximate surface area is 117 Å². The Morgan fingerprint density at radius 2 is 1.95 bits per heavy atom. The quantitative estimate of drug-likeness (QED) is 0.767. The van der Waals surface area contributed by atoms with Gasteiger partial charge in [-0.15, -0.1) is 0 Å². The predicted octanol–water partition coefficient (Wildman–Crippen LogP) is 3.03. The average molecular weight is 267 g/mol. The van der Waals surface area contributed by atoms with Crippen LogP contribution in [0.2, 0.25) is 0 Å². The van der Waals surface area contributed by atoms with Gasteiger partial charge in [-0.2, -0.15) is 0 Å². The molecular formula is C16H29NO2. The van der Waals surface area contributed by atoms with Gasteiger partial charge in [-0.3, -0.25) is 9.69 Å². The first-order valence-corrected chi connectivity index (χ1v) is 7.87. The van der Waals surface area contributed by atoms with E-state index in [1.807, 2.05) is 0 Å². The van der Waals surface area contributed by atoms with Crippen LogP contribution in [0.5, 0.6) is 0 Å². The molecule has 3 heteroatoms. The number of rotatable bonds is 5. The summed E-state index contributed by atoms with van der Waals surface area (Å²) in [7, 11) is 4.14. The molecule has 2 aliphatic rings. The minimum Gasteiger partial charge on any atom is -0.378 e. The van der Waals surface area contributed by atoms with Crippen LogP contribution in [0.4, 0.5) is 0 Å². The van der Waals surface area contributed by atoms with Crippen molar-refractivity contribution >= 4 is 5.78 Å². The fourth-order valence-electron chi connectivity index (χ4n) is 3.61. The summed E-state index contributed by atoms with van der Waals surface area (Å²) in [5.41, 5.74) is -0.189. The number of carbonyl (C=O) groups is 1. The van der Waals surface area contributed by atoms with E-state index in [2.05, 4.69) is 25.9 Å². The molecule has 0 aromatic rings. The van der Waals surface area contributed by atoms with Gasteiger partial charge >= 0.3 is 0 Å². The zero-order chi connectivity index (χ0) is 13.9. The number of ketones is 1. The molecule has 0 radical (unpaired) electrons. The van der Waals surface area contributed by atoms with Crippen LogP contribution in [0.1, 0.15) is 58.3 Å². The highest BCUT2D eigenvalue weighted by atomic mass is 16.5. The summed E-state index contributed by atoms with van der Waals surface area (Å²) in [4.78, 5) is 14.9. The third-order valence-corrected chi connectivity index (χ3v) is 5.19. The lowest BCUT2D eigenvalue weighted by molar-refractivity contribution is -0.133. The van der Waals surface area contributed by atoms with Crippen LogP contribution in [0.3, 0.4) is 0 Å². The third-order valence-electron chi connectivity index (χ3n) is 5.19. The molecule has 0 N–H and O–H groups in total. The summed E-state index contributed by atoms with van der Waals surface area (Å²) in [6.45, 7) is 3.19. The zero-order valence-electron chi connectivity index (χ0n) is 12.8. The van der Waals surface area contributed by atoms with E-state index < -0.39 is 0 Å². The van der Waals surface area contributed by atoms with Crippen molar-refractivity contribution in [1.82, 2.24) is 4.90 Å². The Balaban J connectivity index is 1.92. The molecule has 0 aromatic heterocycles. The fraction of sp³-hybridized carbons (Fsp3) is 0.938. The highest BCUT2D eigenvalue weighted by Crippen LogP contribution is 2.37. The van der Waals surface area contributed by atoms with Gasteiger partial charge in [0.2, 0.25) is 0 Å². The molecule has 19 heavy (non-hydrogen) atoms. The molecule has 2 rings (SSSR count). The van der Waals surface area contributed by atoms with Gasteiger partial charge in [-0.05, 0) is 65.0 Å². The second-order valence-electron chi connectivity index (χ2n) is 6.71. The molecule has 3 nitrogen and oxygen atoms in total. The van der Waals surface area contributed by atoms with Crippen LogP contribution < -0.4 is 0 Å². The summed E-state index contributed by atoms with van der Waals surface area (Å²) < 4.78 is 5.64. The number of ether oxygens (including phenoxy) is 1. The standard InChI is InChI=1S/C16H29NO2/c1-13-8-10-16(11-9-13,17(2)3)15(18)7-6-14-5-4-12-19-14/h13-14H,4-12H2,1-3H3. The highest BCUT2D eigenvalue weighted by molar-refractivity contribution is 5.88. The summed E-state index contributed by atoms with van der Waals surface area (Å²) >= 11 is 0. The molecule has 2 fully saturated rings. The molecule has 1 aliphatic heterocycles. The minimum atomic E-state index is -0.189. The van der Waals surface area contributed by atoms with Crippen LogP contribution in [0.15, 0.2) is 0 Å². The van der Waals surface area contributed by atoms with Crippen molar-refractivity contribution in [2.45, 2.75) is 69.9 Å². The second kappa shape index (κ2) is 6.36. The van der Waals surface area contributed by atoms with Crippen molar-refractivity contribution in [2.75, 3.05) is 20.7 Å². The molecule has 0 aromatic carbocycles. The second-order valence-corrected chi connectivity index (χ2v) is 6.71. The summed E-state index contributed by atoms with van der Waals surface area (Å²) in [6.07, 6.45) is 8.69. The van der Waals surface area contributed by atoms with Crippen LogP contribution in [0, 0.1) is 5.92 Å². The van der Waals surface area contributed by atoms with E-state index in [1.165, 1.54) is 12.8 Å². The zero-order valence-corrected chi connectivity index (χ0v) is 12.8. The Bertz CT molecular complexity index is 300. The molecule has 0 spiro atoms. The van der Waals surface area contributed by atoms with E-state index in [1.54, 1.807) is 0 Å². The Morgan fingerprint density at radius 3 is 2.47 bits per heavy atom. The number of hydrogen-bond donors (Lipinski definition) is 0. The smallest absolute Gasteiger partial charge is 0.153 e. The molecule has 110 valence electrons. The number of hydrogen-bond acceptors (Lipinski definition) is 3. The van der Waals surface area contributed by atoms with Crippen LogP contribution in [-0.4, -0.2) is 43.0 Å². The fourth-order valence-corrected chi connectivity index (χ4v) is 3.61. The summed E-state index contributed by atoms with van der Waals surface area (Å²) in [6, 6.07) is 0. The molecule has 1 unspecified atom stereocenters. The van der Waals surface area contributed by atoms with Crippen molar-refractivity contribution in [2.24, 2.45) is 5.92 Å². The molecule has 1 saturated carbocycles. The van der Waals surface area contributed by atoms with Gasteiger partial charge in [0.1, 0.15) is 0 Å². The van der Waals surface area contributed by atoms with Gasteiger partial charge in [0, 0.05) is 13.0 Å². The van der Waals surface area contributed by atoms with E-state index >= 15 is 0 Å². The Hall–Kier alpha value is -0.410. The van der Waals surface area contributed by atoms with Gasteiger partial charge in [0.25, 0.3) is 0 Å². The maximum absolute atomic E-state index is 12.7. The van der Waals surface area contributed by atoms with E-state index in [0.29, 0.717) is 18.3 Å². The summed E-state index contributed by atoms with van der Waals surface area (Å²) in [5.74, 6) is 1.22. The average Bonchev–Trinajstić information content (AvgIpc) is 2.90. The summed E-state index contributed by atoms with van der Waals surface area (Å²) in [5, 5.41) is 0. The molecule has 0 amide bonds. The lowest BCUT2D eigenvalue weighted by Crippen LogP contribution is -2.53. The lowest BCUT2D eigenvalue weighted by Gasteiger charge is -2.43. The SMILES string of the molecule is CC1CCC(C(=O)CCC2CCCO2)(N(C)C)CC1. The van der Waals surface area contributed by atoms with Crippen LogP contribution >= 0.6 is 0 Å². The van der Waals surface area contributed by atoms with Gasteiger partial charge < -0.3 is 4.74 Å². The largest absolute Gasteiger partial charge is 0.378 e. The maximum Gasteiger partial charge on any atom is 0.153 e. The van der Waals surface area contributed by atoms with E-state index in [-0.39, 0.29) is 5.54 Å². The van der Waals surface area contributed by atoms with Gasteiger partial charge in [0.15, 0.2) is 5.78 Å². The first-order valence-electron chi connectivity index (χ1n) is 7.87. The van der Waals surface area contributed by atoms with Crippen molar-refractivity contribution in [1.29, 1.82) is 0 Å². The van der Waals surface area contributed by atoms with E-state index in [9.17, 15) is 4.79 Å². The molecule has 1 aliphatic carbocycles. The van der Waals surface area contributed by atoms with Crippen molar-refractivity contribution in [3.63, 3.8) is 0 Å². The van der Waals surface area contributed by atoms with Crippen LogP contribution in [0.25, 0.3) is 0 Å². The van der Waals surface area contributed by atoms with Gasteiger partial charge in [-0.25, -0.2) is 0 Å². The van der Waals surface area contributed by atoms with Crippen molar-refractivity contribution < 1.29 is 9.53 Å². The number of carbonyl (C=O) groups excluding carboxylic acids is 1.